The average molecular weight is 707 g/mol. The normalized spacial score (nSPS) is 16.1. The average Bonchev–Trinajstić information content (AvgIpc) is 3.53. The largest absolute Gasteiger partial charge is 0.0653 e. The van der Waals surface area contributed by atoms with Gasteiger partial charge in [0.15, 0.2) is 0 Å². The highest BCUT2D eigenvalue weighted by Gasteiger charge is 2.36. The van der Waals surface area contributed by atoms with Gasteiger partial charge in [0.1, 0.15) is 0 Å². The highest BCUT2D eigenvalue weighted by atomic mass is 14.4. The molecule has 10 rings (SSSR count). The van der Waals surface area contributed by atoms with E-state index >= 15 is 0 Å². The zero-order chi connectivity index (χ0) is 36.9. The molecule has 0 bridgehead atoms. The number of fused-ring (bicyclic) bond motifs is 4. The number of aryl methyl sites for hydroxylation is 1. The highest BCUT2D eigenvalue weighted by Crippen LogP contribution is 2.57. The van der Waals surface area contributed by atoms with Crippen molar-refractivity contribution in [2.45, 2.75) is 51.9 Å². The van der Waals surface area contributed by atoms with Crippen LogP contribution in [-0.2, 0) is 0 Å². The van der Waals surface area contributed by atoms with Crippen molar-refractivity contribution in [2.75, 3.05) is 0 Å². The van der Waals surface area contributed by atoms with Crippen molar-refractivity contribution in [3.05, 3.63) is 214 Å². The first-order valence-corrected chi connectivity index (χ1v) is 20.3. The Morgan fingerprint density at radius 2 is 1.20 bits per heavy atom. The van der Waals surface area contributed by atoms with E-state index in [2.05, 4.69) is 184 Å². The Morgan fingerprint density at radius 1 is 0.582 bits per heavy atom. The summed E-state index contributed by atoms with van der Waals surface area (Å²) in [6.45, 7) is 4.63. The SMILES string of the molecule is CCCC1C(c2c3ccccc3c(/C(=C(\c3ccccc3)c3ccccc3C)C3CCC3)c3cc4ccccc4cc23)=C(c2ccccc2)c2ccccc21. The van der Waals surface area contributed by atoms with Crippen molar-refractivity contribution in [2.24, 2.45) is 5.92 Å². The van der Waals surface area contributed by atoms with Crippen molar-refractivity contribution in [1.82, 2.24) is 0 Å². The third kappa shape index (κ3) is 5.58. The summed E-state index contributed by atoms with van der Waals surface area (Å²) >= 11 is 0. The molecule has 0 radical (unpaired) electrons. The van der Waals surface area contributed by atoms with Crippen LogP contribution in [0.2, 0.25) is 0 Å². The van der Waals surface area contributed by atoms with Crippen LogP contribution in [0.25, 0.3) is 54.6 Å². The molecule has 2 aliphatic carbocycles. The molecule has 1 fully saturated rings. The Balaban J connectivity index is 1.43. The molecule has 0 heterocycles. The molecule has 1 saturated carbocycles. The van der Waals surface area contributed by atoms with Gasteiger partial charge in [-0.3, -0.25) is 0 Å². The van der Waals surface area contributed by atoms with Gasteiger partial charge in [0.25, 0.3) is 0 Å². The van der Waals surface area contributed by atoms with Crippen molar-refractivity contribution in [3.8, 4) is 0 Å². The van der Waals surface area contributed by atoms with E-state index < -0.39 is 0 Å². The Morgan fingerprint density at radius 3 is 1.91 bits per heavy atom. The molecule has 0 saturated heterocycles. The summed E-state index contributed by atoms with van der Waals surface area (Å²) in [4.78, 5) is 0. The molecule has 0 spiro atoms. The van der Waals surface area contributed by atoms with Gasteiger partial charge in [-0.1, -0.05) is 177 Å². The Hall–Kier alpha value is -5.98. The maximum atomic E-state index is 2.54. The molecular formula is C55H46. The van der Waals surface area contributed by atoms with Crippen molar-refractivity contribution >= 4 is 54.6 Å². The lowest BCUT2D eigenvalue weighted by molar-refractivity contribution is 0.401. The molecular weight excluding hydrogens is 661 g/mol. The molecule has 266 valence electrons. The van der Waals surface area contributed by atoms with Gasteiger partial charge in [-0.2, -0.15) is 0 Å². The first kappa shape index (κ1) is 33.6. The zero-order valence-electron chi connectivity index (χ0n) is 31.9. The Labute approximate surface area is 325 Å². The number of hydrogen-bond acceptors (Lipinski definition) is 0. The lowest BCUT2D eigenvalue weighted by Gasteiger charge is -2.34. The van der Waals surface area contributed by atoms with E-state index in [0.29, 0.717) is 11.8 Å². The summed E-state index contributed by atoms with van der Waals surface area (Å²) in [5.74, 6) is 0.773. The van der Waals surface area contributed by atoms with Gasteiger partial charge in [0.05, 0.1) is 0 Å². The minimum absolute atomic E-state index is 0.300. The standard InChI is InChI=1S/C55H46/c1-3-19-44-43-30-14-15-31-45(43)51(38-23-8-5-9-24-38)55(44)54-47-33-17-16-32-46(47)53(48-34-40-25-11-12-26-41(40)35-49(48)54)52(39-27-18-28-39)50(37-21-6-4-7-22-37)42-29-13-10-20-36(42)2/h4-17,20-26,29-35,39,44H,3,18-19,27-28H2,1-2H3/b52-50+. The van der Waals surface area contributed by atoms with Gasteiger partial charge >= 0.3 is 0 Å². The zero-order valence-corrected chi connectivity index (χ0v) is 31.9. The molecule has 8 aromatic carbocycles. The van der Waals surface area contributed by atoms with Crippen LogP contribution in [0.4, 0.5) is 0 Å². The van der Waals surface area contributed by atoms with E-state index in [1.165, 1.54) is 118 Å². The molecule has 8 aromatic rings. The van der Waals surface area contributed by atoms with E-state index in [4.69, 9.17) is 0 Å². The van der Waals surface area contributed by atoms with Crippen LogP contribution in [0.5, 0.6) is 0 Å². The Kier molecular flexibility index (Phi) is 8.56. The molecule has 2 aliphatic rings. The predicted octanol–water partition coefficient (Wildman–Crippen LogP) is 15.1. The molecule has 1 atom stereocenters. The monoisotopic (exact) mass is 706 g/mol. The molecule has 0 N–H and O–H groups in total. The maximum Gasteiger partial charge on any atom is 0.0108 e. The summed E-state index contributed by atoms with van der Waals surface area (Å²) in [5.41, 5.74) is 16.7. The summed E-state index contributed by atoms with van der Waals surface area (Å²) < 4.78 is 0. The molecule has 0 heteroatoms. The first-order valence-electron chi connectivity index (χ1n) is 20.3. The molecule has 0 aromatic heterocycles. The van der Waals surface area contributed by atoms with E-state index in [1.807, 2.05) is 0 Å². The van der Waals surface area contributed by atoms with Gasteiger partial charge in [-0.25, -0.2) is 0 Å². The number of hydrogen-bond donors (Lipinski definition) is 0. The van der Waals surface area contributed by atoms with Gasteiger partial charge < -0.3 is 0 Å². The van der Waals surface area contributed by atoms with Gasteiger partial charge in [-0.05, 0) is 143 Å². The van der Waals surface area contributed by atoms with Crippen LogP contribution in [0.15, 0.2) is 170 Å². The topological polar surface area (TPSA) is 0 Å². The maximum absolute atomic E-state index is 2.54. The number of rotatable bonds is 8. The third-order valence-electron chi connectivity index (χ3n) is 12.6. The van der Waals surface area contributed by atoms with Crippen LogP contribution in [0, 0.1) is 12.8 Å². The fourth-order valence-electron chi connectivity index (χ4n) is 9.90. The number of allylic oxidation sites excluding steroid dienone is 2. The van der Waals surface area contributed by atoms with Crippen LogP contribution in [0.3, 0.4) is 0 Å². The lowest BCUT2D eigenvalue weighted by atomic mass is 9.70. The minimum Gasteiger partial charge on any atom is -0.0653 e. The van der Waals surface area contributed by atoms with Gasteiger partial charge in [0, 0.05) is 5.92 Å². The summed E-state index contributed by atoms with van der Waals surface area (Å²) in [6.07, 6.45) is 5.91. The van der Waals surface area contributed by atoms with Crippen LogP contribution in [0.1, 0.15) is 89.5 Å². The predicted molar refractivity (Wildman–Crippen MR) is 236 cm³/mol. The van der Waals surface area contributed by atoms with Crippen LogP contribution in [-0.4, -0.2) is 0 Å². The first-order chi connectivity index (χ1) is 27.2. The van der Waals surface area contributed by atoms with Gasteiger partial charge in [-0.15, -0.1) is 0 Å². The fourth-order valence-corrected chi connectivity index (χ4v) is 9.90. The second kappa shape index (κ2) is 14.0. The summed E-state index contributed by atoms with van der Waals surface area (Å²) in [7, 11) is 0. The fraction of sp³-hybridized carbons (Fsp3) is 0.164. The van der Waals surface area contributed by atoms with Crippen molar-refractivity contribution in [1.29, 1.82) is 0 Å². The van der Waals surface area contributed by atoms with Crippen molar-refractivity contribution in [3.63, 3.8) is 0 Å². The van der Waals surface area contributed by atoms with E-state index in [1.54, 1.807) is 0 Å². The summed E-state index contributed by atoms with van der Waals surface area (Å²) in [6, 6.07) is 64.2. The Bertz CT molecular complexity index is 2790. The smallest absolute Gasteiger partial charge is 0.0108 e. The second-order valence-corrected chi connectivity index (χ2v) is 15.7. The van der Waals surface area contributed by atoms with Crippen LogP contribution < -0.4 is 0 Å². The molecule has 55 heavy (non-hydrogen) atoms. The summed E-state index contributed by atoms with van der Waals surface area (Å²) in [5, 5.41) is 8.01. The van der Waals surface area contributed by atoms with Crippen LogP contribution >= 0.6 is 0 Å². The molecule has 1 unspecified atom stereocenters. The van der Waals surface area contributed by atoms with Gasteiger partial charge in [0.2, 0.25) is 0 Å². The highest BCUT2D eigenvalue weighted by molar-refractivity contribution is 6.24. The quantitative estimate of drug-likeness (QED) is 0.109. The molecule has 0 nitrogen and oxygen atoms in total. The van der Waals surface area contributed by atoms with E-state index in [0.717, 1.165) is 12.8 Å². The lowest BCUT2D eigenvalue weighted by Crippen LogP contribution is -2.16. The van der Waals surface area contributed by atoms with E-state index in [-0.39, 0.29) is 0 Å². The number of benzene rings is 8. The minimum atomic E-state index is 0.300. The second-order valence-electron chi connectivity index (χ2n) is 15.7. The molecule has 0 aliphatic heterocycles. The third-order valence-corrected chi connectivity index (χ3v) is 12.6. The van der Waals surface area contributed by atoms with E-state index in [9.17, 15) is 0 Å². The molecule has 0 amide bonds. The van der Waals surface area contributed by atoms with Crippen molar-refractivity contribution < 1.29 is 0 Å².